The standard InChI is InChI=1S/C17H15ClN4OS/c1-11(15(19)23)24-17-21-20-16(12-7-9-13(18)10-8-12)22(17)14-5-3-2-4-6-14/h2-11H,1H3,(H2,19,23). The second kappa shape index (κ2) is 7.07. The van der Waals surface area contributed by atoms with Crippen molar-refractivity contribution in [1.29, 1.82) is 0 Å². The molecule has 1 heterocycles. The molecule has 0 spiro atoms. The van der Waals surface area contributed by atoms with Gasteiger partial charge in [-0.1, -0.05) is 41.6 Å². The zero-order valence-corrected chi connectivity index (χ0v) is 14.5. The quantitative estimate of drug-likeness (QED) is 0.708. The van der Waals surface area contributed by atoms with E-state index in [0.29, 0.717) is 16.0 Å². The summed E-state index contributed by atoms with van der Waals surface area (Å²) in [5, 5.41) is 9.41. The Labute approximate surface area is 148 Å². The Morgan fingerprint density at radius 2 is 1.79 bits per heavy atom. The highest BCUT2D eigenvalue weighted by Crippen LogP contribution is 2.30. The lowest BCUT2D eigenvalue weighted by molar-refractivity contribution is -0.117. The summed E-state index contributed by atoms with van der Waals surface area (Å²) in [6.07, 6.45) is 0. The minimum Gasteiger partial charge on any atom is -0.369 e. The van der Waals surface area contributed by atoms with Crippen LogP contribution in [0.15, 0.2) is 59.8 Å². The number of hydrogen-bond acceptors (Lipinski definition) is 4. The molecule has 1 unspecified atom stereocenters. The normalized spacial score (nSPS) is 12.1. The van der Waals surface area contributed by atoms with E-state index in [-0.39, 0.29) is 0 Å². The van der Waals surface area contributed by atoms with Crippen molar-refractivity contribution in [1.82, 2.24) is 14.8 Å². The summed E-state index contributed by atoms with van der Waals surface area (Å²) in [6, 6.07) is 17.1. The van der Waals surface area contributed by atoms with Gasteiger partial charge in [-0.2, -0.15) is 0 Å². The fourth-order valence-electron chi connectivity index (χ4n) is 2.16. The highest BCUT2D eigenvalue weighted by Gasteiger charge is 2.20. The highest BCUT2D eigenvalue weighted by atomic mass is 35.5. The molecule has 0 bridgehead atoms. The predicted molar refractivity (Wildman–Crippen MR) is 96.3 cm³/mol. The van der Waals surface area contributed by atoms with Crippen LogP contribution in [0.2, 0.25) is 5.02 Å². The van der Waals surface area contributed by atoms with Crippen LogP contribution < -0.4 is 5.73 Å². The van der Waals surface area contributed by atoms with Gasteiger partial charge in [0, 0.05) is 16.3 Å². The van der Waals surface area contributed by atoms with Crippen LogP contribution in [0.4, 0.5) is 0 Å². The number of carbonyl (C=O) groups is 1. The van der Waals surface area contributed by atoms with Gasteiger partial charge in [-0.3, -0.25) is 9.36 Å². The van der Waals surface area contributed by atoms with E-state index in [4.69, 9.17) is 17.3 Å². The number of amides is 1. The Morgan fingerprint density at radius 1 is 1.12 bits per heavy atom. The average Bonchev–Trinajstić information content (AvgIpc) is 2.99. The number of thioether (sulfide) groups is 1. The van der Waals surface area contributed by atoms with Crippen molar-refractivity contribution in [2.24, 2.45) is 5.73 Å². The predicted octanol–water partition coefficient (Wildman–Crippen LogP) is 3.55. The van der Waals surface area contributed by atoms with Crippen LogP contribution in [0.25, 0.3) is 17.1 Å². The van der Waals surface area contributed by atoms with Gasteiger partial charge >= 0.3 is 0 Å². The molecule has 0 aliphatic rings. The van der Waals surface area contributed by atoms with Crippen LogP contribution in [0.3, 0.4) is 0 Å². The van der Waals surface area contributed by atoms with E-state index < -0.39 is 11.2 Å². The number of benzene rings is 2. The Balaban J connectivity index is 2.11. The number of para-hydroxylation sites is 1. The monoisotopic (exact) mass is 358 g/mol. The van der Waals surface area contributed by atoms with Crippen molar-refractivity contribution in [3.05, 3.63) is 59.6 Å². The third-order valence-corrected chi connectivity index (χ3v) is 4.75. The van der Waals surface area contributed by atoms with Crippen LogP contribution in [0, 0.1) is 0 Å². The van der Waals surface area contributed by atoms with E-state index in [1.807, 2.05) is 47.0 Å². The van der Waals surface area contributed by atoms with Gasteiger partial charge in [0.15, 0.2) is 11.0 Å². The maximum atomic E-state index is 11.4. The van der Waals surface area contributed by atoms with Crippen molar-refractivity contribution >= 4 is 29.3 Å². The van der Waals surface area contributed by atoms with Gasteiger partial charge in [0.05, 0.1) is 5.25 Å². The molecular formula is C17H15ClN4OS. The first kappa shape index (κ1) is 16.5. The third-order valence-electron chi connectivity index (χ3n) is 3.43. The van der Waals surface area contributed by atoms with Crippen molar-refractivity contribution < 1.29 is 4.79 Å². The minimum atomic E-state index is -0.408. The Bertz CT molecular complexity index is 849. The molecule has 1 atom stereocenters. The fourth-order valence-corrected chi connectivity index (χ4v) is 3.10. The molecule has 24 heavy (non-hydrogen) atoms. The van der Waals surface area contributed by atoms with Crippen molar-refractivity contribution in [2.75, 3.05) is 0 Å². The number of aromatic nitrogens is 3. The maximum Gasteiger partial charge on any atom is 0.230 e. The number of nitrogens with two attached hydrogens (primary N) is 1. The maximum absolute atomic E-state index is 11.4. The van der Waals surface area contributed by atoms with E-state index in [9.17, 15) is 4.79 Å². The first-order valence-electron chi connectivity index (χ1n) is 7.29. The molecule has 0 saturated carbocycles. The van der Waals surface area contributed by atoms with E-state index in [0.717, 1.165) is 11.3 Å². The number of halogens is 1. The first-order chi connectivity index (χ1) is 11.6. The summed E-state index contributed by atoms with van der Waals surface area (Å²) in [5.41, 5.74) is 7.17. The molecule has 0 fully saturated rings. The van der Waals surface area contributed by atoms with Crippen LogP contribution in [0.1, 0.15) is 6.92 Å². The largest absolute Gasteiger partial charge is 0.369 e. The number of nitrogens with zero attached hydrogens (tertiary/aromatic N) is 3. The molecule has 122 valence electrons. The van der Waals surface area contributed by atoms with Crippen molar-refractivity contribution in [2.45, 2.75) is 17.3 Å². The molecule has 2 aromatic carbocycles. The molecule has 1 aromatic heterocycles. The minimum absolute atomic E-state index is 0.393. The fraction of sp³-hybridized carbons (Fsp3) is 0.118. The molecule has 0 aliphatic heterocycles. The highest BCUT2D eigenvalue weighted by molar-refractivity contribution is 8.00. The number of hydrogen-bond donors (Lipinski definition) is 1. The van der Waals surface area contributed by atoms with E-state index in [2.05, 4.69) is 10.2 Å². The lowest BCUT2D eigenvalue weighted by atomic mass is 10.2. The molecular weight excluding hydrogens is 344 g/mol. The Hall–Kier alpha value is -2.31. The van der Waals surface area contributed by atoms with Gasteiger partial charge in [-0.05, 0) is 43.3 Å². The number of carbonyl (C=O) groups excluding carboxylic acids is 1. The first-order valence-corrected chi connectivity index (χ1v) is 8.55. The summed E-state index contributed by atoms with van der Waals surface area (Å²) < 4.78 is 1.91. The van der Waals surface area contributed by atoms with Crippen LogP contribution in [-0.2, 0) is 4.79 Å². The van der Waals surface area contributed by atoms with Gasteiger partial charge in [0.1, 0.15) is 0 Å². The van der Waals surface area contributed by atoms with Gasteiger partial charge in [0.2, 0.25) is 5.91 Å². The summed E-state index contributed by atoms with van der Waals surface area (Å²) in [7, 11) is 0. The molecule has 3 aromatic rings. The molecule has 0 radical (unpaired) electrons. The molecule has 5 nitrogen and oxygen atoms in total. The van der Waals surface area contributed by atoms with Crippen molar-refractivity contribution in [3.8, 4) is 17.1 Å². The van der Waals surface area contributed by atoms with Crippen molar-refractivity contribution in [3.63, 3.8) is 0 Å². The van der Waals surface area contributed by atoms with E-state index >= 15 is 0 Å². The summed E-state index contributed by atoms with van der Waals surface area (Å²) in [4.78, 5) is 11.4. The van der Waals surface area contributed by atoms with E-state index in [1.54, 1.807) is 19.1 Å². The molecule has 0 saturated heterocycles. The molecule has 0 aliphatic carbocycles. The summed E-state index contributed by atoms with van der Waals surface area (Å²) >= 11 is 7.25. The second-order valence-electron chi connectivity index (χ2n) is 5.15. The topological polar surface area (TPSA) is 73.8 Å². The smallest absolute Gasteiger partial charge is 0.230 e. The molecule has 1 amide bonds. The van der Waals surface area contributed by atoms with Gasteiger partial charge in [-0.15, -0.1) is 10.2 Å². The summed E-state index contributed by atoms with van der Waals surface area (Å²) in [5.74, 6) is 0.285. The average molecular weight is 359 g/mol. The van der Waals surface area contributed by atoms with Gasteiger partial charge < -0.3 is 5.73 Å². The summed E-state index contributed by atoms with van der Waals surface area (Å²) in [6.45, 7) is 1.75. The Morgan fingerprint density at radius 3 is 2.42 bits per heavy atom. The zero-order valence-electron chi connectivity index (χ0n) is 12.9. The third kappa shape index (κ3) is 3.44. The Kier molecular flexibility index (Phi) is 4.87. The van der Waals surface area contributed by atoms with Crippen LogP contribution >= 0.6 is 23.4 Å². The zero-order chi connectivity index (χ0) is 17.1. The number of rotatable bonds is 5. The lowest BCUT2D eigenvalue weighted by Gasteiger charge is -2.12. The van der Waals surface area contributed by atoms with Crippen LogP contribution in [0.5, 0.6) is 0 Å². The lowest BCUT2D eigenvalue weighted by Crippen LogP contribution is -2.23. The molecule has 2 N–H and O–H groups in total. The molecule has 7 heteroatoms. The van der Waals surface area contributed by atoms with Crippen LogP contribution in [-0.4, -0.2) is 25.9 Å². The van der Waals surface area contributed by atoms with Gasteiger partial charge in [0.25, 0.3) is 0 Å². The SMILES string of the molecule is CC(Sc1nnc(-c2ccc(Cl)cc2)n1-c1ccccc1)C(N)=O. The molecule has 3 rings (SSSR count). The number of primary amides is 1. The van der Waals surface area contributed by atoms with E-state index in [1.165, 1.54) is 11.8 Å². The second-order valence-corrected chi connectivity index (χ2v) is 6.89. The van der Waals surface area contributed by atoms with Gasteiger partial charge in [-0.25, -0.2) is 0 Å².